The zero-order valence-corrected chi connectivity index (χ0v) is 15.7. The zero-order valence-electron chi connectivity index (χ0n) is 15.0. The zero-order chi connectivity index (χ0) is 19.3. The Morgan fingerprint density at radius 2 is 1.73 bits per heavy atom. The number of rotatable bonds is 6. The molecule has 0 aliphatic rings. The van der Waals surface area contributed by atoms with Crippen molar-refractivity contribution in [2.45, 2.75) is 38.6 Å². The number of amides is 2. The smallest absolute Gasteiger partial charge is 0.246 e. The molecular formula is C20H22ClFN2O2. The number of benzene rings is 2. The lowest BCUT2D eigenvalue weighted by atomic mass is 9.81. The van der Waals surface area contributed by atoms with E-state index in [0.717, 1.165) is 5.56 Å². The van der Waals surface area contributed by atoms with Crippen molar-refractivity contribution < 1.29 is 14.0 Å². The Hall–Kier alpha value is -2.40. The fourth-order valence-corrected chi connectivity index (χ4v) is 2.69. The van der Waals surface area contributed by atoms with Crippen LogP contribution in [0.5, 0.6) is 0 Å². The summed E-state index contributed by atoms with van der Waals surface area (Å²) in [5.74, 6) is -1.27. The summed E-state index contributed by atoms with van der Waals surface area (Å²) in [6.07, 6.45) is 0.200. The summed E-state index contributed by atoms with van der Waals surface area (Å²) in [4.78, 5) is 24.5. The maximum absolute atomic E-state index is 13.6. The van der Waals surface area contributed by atoms with Crippen LogP contribution < -0.4 is 10.6 Å². The highest BCUT2D eigenvalue weighted by atomic mass is 35.5. The van der Waals surface area contributed by atoms with Gasteiger partial charge in [0.1, 0.15) is 11.9 Å². The van der Waals surface area contributed by atoms with E-state index in [2.05, 4.69) is 10.6 Å². The van der Waals surface area contributed by atoms with Crippen LogP contribution in [0, 0.1) is 5.82 Å². The minimum atomic E-state index is -0.789. The molecule has 138 valence electrons. The second-order valence-electron chi connectivity index (χ2n) is 6.83. The first-order chi connectivity index (χ1) is 12.2. The number of hydrogen-bond acceptors (Lipinski definition) is 2. The van der Waals surface area contributed by atoms with Crippen molar-refractivity contribution in [3.63, 3.8) is 0 Å². The maximum Gasteiger partial charge on any atom is 0.246 e. The molecule has 0 fully saturated rings. The molecule has 0 bridgehead atoms. The van der Waals surface area contributed by atoms with Gasteiger partial charge in [0.05, 0.1) is 5.69 Å². The molecule has 0 saturated heterocycles. The van der Waals surface area contributed by atoms with Crippen LogP contribution in [0.4, 0.5) is 10.1 Å². The highest BCUT2D eigenvalue weighted by molar-refractivity contribution is 6.30. The van der Waals surface area contributed by atoms with E-state index in [4.69, 9.17) is 11.6 Å². The van der Waals surface area contributed by atoms with Crippen molar-refractivity contribution in [1.29, 1.82) is 0 Å². The number of carbonyl (C=O) groups excluding carboxylic acids is 2. The third-order valence-electron chi connectivity index (χ3n) is 4.13. The minimum Gasteiger partial charge on any atom is -0.345 e. The standard InChI is InChI=1S/C20H22ClFN2O2/c1-13(19(26)24-17-7-5-4-6-16(17)22)23-18(25)12-20(2,3)14-8-10-15(21)11-9-14/h4-11,13H,12H2,1-3H3,(H,23,25)(H,24,26). The molecule has 0 aliphatic heterocycles. The van der Waals surface area contributed by atoms with Crippen molar-refractivity contribution in [1.82, 2.24) is 5.32 Å². The van der Waals surface area contributed by atoms with E-state index in [9.17, 15) is 14.0 Å². The summed E-state index contributed by atoms with van der Waals surface area (Å²) < 4.78 is 13.6. The van der Waals surface area contributed by atoms with Gasteiger partial charge in [-0.3, -0.25) is 9.59 Å². The summed E-state index contributed by atoms with van der Waals surface area (Å²) >= 11 is 5.90. The lowest BCUT2D eigenvalue weighted by Crippen LogP contribution is -2.43. The van der Waals surface area contributed by atoms with Crippen LogP contribution in [-0.2, 0) is 15.0 Å². The van der Waals surface area contributed by atoms with Crippen LogP contribution in [0.3, 0.4) is 0 Å². The van der Waals surface area contributed by atoms with Gasteiger partial charge in [0.2, 0.25) is 11.8 Å². The van der Waals surface area contributed by atoms with Gasteiger partial charge in [0.15, 0.2) is 0 Å². The Morgan fingerprint density at radius 1 is 1.12 bits per heavy atom. The van der Waals surface area contributed by atoms with E-state index in [-0.39, 0.29) is 18.0 Å². The van der Waals surface area contributed by atoms with E-state index in [1.54, 1.807) is 25.1 Å². The predicted molar refractivity (Wildman–Crippen MR) is 102 cm³/mol. The Morgan fingerprint density at radius 3 is 2.35 bits per heavy atom. The summed E-state index contributed by atoms with van der Waals surface area (Å²) in [5, 5.41) is 5.76. The molecule has 0 aromatic heterocycles. The van der Waals surface area contributed by atoms with Gasteiger partial charge in [-0.2, -0.15) is 0 Å². The molecule has 2 rings (SSSR count). The van der Waals surface area contributed by atoms with E-state index >= 15 is 0 Å². The SMILES string of the molecule is CC(NC(=O)CC(C)(C)c1ccc(Cl)cc1)C(=O)Nc1ccccc1F. The molecule has 4 nitrogen and oxygen atoms in total. The number of halogens is 2. The quantitative estimate of drug-likeness (QED) is 0.790. The van der Waals surface area contributed by atoms with Gasteiger partial charge < -0.3 is 10.6 Å². The van der Waals surface area contributed by atoms with Crippen molar-refractivity contribution in [3.05, 3.63) is 64.9 Å². The van der Waals surface area contributed by atoms with Crippen LogP contribution in [0.1, 0.15) is 32.8 Å². The van der Waals surface area contributed by atoms with Gasteiger partial charge in [-0.05, 0) is 42.2 Å². The minimum absolute atomic E-state index is 0.0834. The first kappa shape index (κ1) is 19.9. The number of carbonyl (C=O) groups is 2. The van der Waals surface area contributed by atoms with Crippen LogP contribution in [0.2, 0.25) is 5.02 Å². The lowest BCUT2D eigenvalue weighted by molar-refractivity contribution is -0.126. The molecule has 0 spiro atoms. The van der Waals surface area contributed by atoms with Crippen molar-refractivity contribution in [2.75, 3.05) is 5.32 Å². The first-order valence-corrected chi connectivity index (χ1v) is 8.67. The van der Waals surface area contributed by atoms with Crippen LogP contribution >= 0.6 is 11.6 Å². The van der Waals surface area contributed by atoms with Gasteiger partial charge in [-0.1, -0.05) is 49.7 Å². The van der Waals surface area contributed by atoms with E-state index < -0.39 is 23.2 Å². The third kappa shape index (κ3) is 5.30. The molecule has 0 radical (unpaired) electrons. The molecule has 1 unspecified atom stereocenters. The van der Waals surface area contributed by atoms with Gasteiger partial charge in [-0.15, -0.1) is 0 Å². The Balaban J connectivity index is 1.94. The van der Waals surface area contributed by atoms with Crippen molar-refractivity contribution in [2.24, 2.45) is 0 Å². The number of anilines is 1. The van der Waals surface area contributed by atoms with E-state index in [1.807, 2.05) is 26.0 Å². The largest absolute Gasteiger partial charge is 0.345 e. The maximum atomic E-state index is 13.6. The first-order valence-electron chi connectivity index (χ1n) is 8.30. The third-order valence-corrected chi connectivity index (χ3v) is 4.38. The summed E-state index contributed by atoms with van der Waals surface area (Å²) in [6.45, 7) is 5.45. The number of para-hydroxylation sites is 1. The van der Waals surface area contributed by atoms with Crippen molar-refractivity contribution in [3.8, 4) is 0 Å². The molecule has 2 N–H and O–H groups in total. The normalized spacial score (nSPS) is 12.3. The number of nitrogens with one attached hydrogen (secondary N) is 2. The molecule has 0 heterocycles. The van der Waals surface area contributed by atoms with Crippen LogP contribution in [-0.4, -0.2) is 17.9 Å². The average molecular weight is 377 g/mol. The molecule has 2 aromatic rings. The lowest BCUT2D eigenvalue weighted by Gasteiger charge is -2.25. The van der Waals surface area contributed by atoms with Gasteiger partial charge in [0, 0.05) is 11.4 Å². The highest BCUT2D eigenvalue weighted by Crippen LogP contribution is 2.28. The molecule has 6 heteroatoms. The fourth-order valence-electron chi connectivity index (χ4n) is 2.57. The van der Waals surface area contributed by atoms with Crippen molar-refractivity contribution >= 4 is 29.1 Å². The van der Waals surface area contributed by atoms with E-state index in [1.165, 1.54) is 18.2 Å². The molecule has 0 aliphatic carbocycles. The van der Waals surface area contributed by atoms with E-state index in [0.29, 0.717) is 5.02 Å². The second kappa shape index (κ2) is 8.32. The average Bonchev–Trinajstić information content (AvgIpc) is 2.56. The molecule has 0 saturated carbocycles. The molecule has 2 aromatic carbocycles. The molecule has 1 atom stereocenters. The topological polar surface area (TPSA) is 58.2 Å². The Bertz CT molecular complexity index is 791. The number of hydrogen-bond donors (Lipinski definition) is 2. The highest BCUT2D eigenvalue weighted by Gasteiger charge is 2.26. The Kier molecular flexibility index (Phi) is 6.37. The fraction of sp³-hybridized carbons (Fsp3) is 0.300. The summed E-state index contributed by atoms with van der Waals surface area (Å²) in [7, 11) is 0. The molecular weight excluding hydrogens is 355 g/mol. The van der Waals surface area contributed by atoms with Gasteiger partial charge in [0.25, 0.3) is 0 Å². The molecule has 2 amide bonds. The molecule has 26 heavy (non-hydrogen) atoms. The van der Waals surface area contributed by atoms with Crippen LogP contribution in [0.25, 0.3) is 0 Å². The van der Waals surface area contributed by atoms with Crippen LogP contribution in [0.15, 0.2) is 48.5 Å². The van der Waals surface area contributed by atoms with Gasteiger partial charge in [-0.25, -0.2) is 4.39 Å². The van der Waals surface area contributed by atoms with Gasteiger partial charge >= 0.3 is 0 Å². The monoisotopic (exact) mass is 376 g/mol. The predicted octanol–water partition coefficient (Wildman–Crippen LogP) is 4.29. The summed E-state index contributed by atoms with van der Waals surface area (Å²) in [5.41, 5.74) is 0.636. The Labute approximate surface area is 157 Å². The second-order valence-corrected chi connectivity index (χ2v) is 7.26. The summed E-state index contributed by atoms with van der Waals surface area (Å²) in [6, 6.07) is 12.4.